The molecule has 0 atom stereocenters. The molecular weight excluding hydrogens is 348 g/mol. The Bertz CT molecular complexity index is 860. The van der Waals surface area contributed by atoms with Gasteiger partial charge in [0.15, 0.2) is 5.65 Å². The van der Waals surface area contributed by atoms with Crippen LogP contribution in [0.2, 0.25) is 0 Å². The van der Waals surface area contributed by atoms with E-state index in [2.05, 4.69) is 36.0 Å². The van der Waals surface area contributed by atoms with Gasteiger partial charge in [-0.1, -0.05) is 0 Å². The van der Waals surface area contributed by atoms with Gasteiger partial charge in [-0.15, -0.1) is 0 Å². The highest BCUT2D eigenvalue weighted by atomic mass is 79.9. The lowest BCUT2D eigenvalue weighted by Gasteiger charge is -2.12. The van der Waals surface area contributed by atoms with Gasteiger partial charge in [-0.25, -0.2) is 9.67 Å². The van der Waals surface area contributed by atoms with Crippen molar-refractivity contribution < 1.29 is 4.74 Å². The summed E-state index contributed by atoms with van der Waals surface area (Å²) in [5.74, 6) is 1.05. The summed E-state index contributed by atoms with van der Waals surface area (Å²) < 4.78 is 7.82. The minimum atomic E-state index is 0.201. The normalized spacial score (nSPS) is 11.1. The van der Waals surface area contributed by atoms with Crippen LogP contribution in [0.25, 0.3) is 11.0 Å². The Morgan fingerprint density at radius 3 is 2.77 bits per heavy atom. The fourth-order valence-corrected chi connectivity index (χ4v) is 2.89. The third kappa shape index (κ3) is 2.39. The fourth-order valence-electron chi connectivity index (χ4n) is 2.42. The van der Waals surface area contributed by atoms with E-state index in [1.807, 2.05) is 13.8 Å². The molecule has 0 radical (unpaired) electrons. The van der Waals surface area contributed by atoms with Gasteiger partial charge in [-0.3, -0.25) is 4.98 Å². The molecule has 0 aliphatic carbocycles. The fraction of sp³-hybridized carbons (Fsp3) is 0.286. The number of aryl methyl sites for hydroxylation is 1. The van der Waals surface area contributed by atoms with Gasteiger partial charge >= 0.3 is 0 Å². The van der Waals surface area contributed by atoms with Gasteiger partial charge < -0.3 is 10.5 Å². The van der Waals surface area contributed by atoms with E-state index in [0.29, 0.717) is 16.8 Å². The molecule has 0 saturated carbocycles. The van der Waals surface area contributed by atoms with Crippen LogP contribution in [0.1, 0.15) is 16.8 Å². The second-order valence-electron chi connectivity index (χ2n) is 4.96. The average Bonchev–Trinajstić information content (AvgIpc) is 2.86. The standard InChI is InChI=1S/C14H15BrN6O/c1-7-4-17-10(8(2)11(7)22-3)6-21-13-9(5-18-21)12(15)19-14(16)20-13/h4-5H,6H2,1-3H3,(H2,16,19,20). The van der Waals surface area contributed by atoms with Crippen molar-refractivity contribution in [2.45, 2.75) is 20.4 Å². The van der Waals surface area contributed by atoms with E-state index in [9.17, 15) is 0 Å². The smallest absolute Gasteiger partial charge is 0.223 e. The minimum Gasteiger partial charge on any atom is -0.496 e. The first-order chi connectivity index (χ1) is 10.5. The number of aromatic nitrogens is 5. The number of methoxy groups -OCH3 is 1. The van der Waals surface area contributed by atoms with Gasteiger partial charge in [0.05, 0.1) is 30.9 Å². The van der Waals surface area contributed by atoms with E-state index in [-0.39, 0.29) is 5.95 Å². The first-order valence-electron chi connectivity index (χ1n) is 6.65. The minimum absolute atomic E-state index is 0.201. The highest BCUT2D eigenvalue weighted by Gasteiger charge is 2.14. The molecule has 0 aliphatic rings. The zero-order valence-corrected chi connectivity index (χ0v) is 14.0. The molecule has 0 fully saturated rings. The number of halogens is 1. The molecular formula is C14H15BrN6O. The molecule has 114 valence electrons. The number of rotatable bonds is 3. The molecule has 0 unspecified atom stereocenters. The topological polar surface area (TPSA) is 91.7 Å². The van der Waals surface area contributed by atoms with Crippen molar-refractivity contribution in [3.05, 3.63) is 33.8 Å². The lowest BCUT2D eigenvalue weighted by Crippen LogP contribution is -2.08. The first kappa shape index (κ1) is 14.7. The Morgan fingerprint density at radius 1 is 1.27 bits per heavy atom. The van der Waals surface area contributed by atoms with E-state index in [1.165, 1.54) is 0 Å². The molecule has 8 heteroatoms. The Kier molecular flexibility index (Phi) is 3.69. The Labute approximate surface area is 135 Å². The van der Waals surface area contributed by atoms with Gasteiger partial charge in [-0.05, 0) is 29.8 Å². The SMILES string of the molecule is COc1c(C)cnc(Cn2ncc3c(Br)nc(N)nc32)c1C. The van der Waals surface area contributed by atoms with Crippen molar-refractivity contribution in [3.63, 3.8) is 0 Å². The highest BCUT2D eigenvalue weighted by molar-refractivity contribution is 9.10. The molecule has 3 heterocycles. The molecule has 3 rings (SSSR count). The van der Waals surface area contributed by atoms with Crippen LogP contribution in [0.5, 0.6) is 5.75 Å². The third-order valence-electron chi connectivity index (χ3n) is 3.52. The summed E-state index contributed by atoms with van der Waals surface area (Å²) in [7, 11) is 1.66. The molecule has 7 nitrogen and oxygen atoms in total. The van der Waals surface area contributed by atoms with Gasteiger partial charge in [0.2, 0.25) is 5.95 Å². The summed E-state index contributed by atoms with van der Waals surface area (Å²) in [4.78, 5) is 12.8. The predicted octanol–water partition coefficient (Wildman–Crippen LogP) is 2.24. The second-order valence-corrected chi connectivity index (χ2v) is 5.71. The van der Waals surface area contributed by atoms with E-state index in [4.69, 9.17) is 10.5 Å². The molecule has 3 aromatic heterocycles. The molecule has 0 bridgehead atoms. The zero-order valence-electron chi connectivity index (χ0n) is 12.5. The number of nitrogens with two attached hydrogens (primary N) is 1. The van der Waals surface area contributed by atoms with E-state index in [0.717, 1.165) is 28.0 Å². The highest BCUT2D eigenvalue weighted by Crippen LogP contribution is 2.26. The second kappa shape index (κ2) is 5.53. The number of nitrogens with zero attached hydrogens (tertiary/aromatic N) is 5. The number of pyridine rings is 1. The number of hydrogen-bond acceptors (Lipinski definition) is 6. The van der Waals surface area contributed by atoms with Crippen molar-refractivity contribution in [1.29, 1.82) is 0 Å². The summed E-state index contributed by atoms with van der Waals surface area (Å²) in [5.41, 5.74) is 9.25. The van der Waals surface area contributed by atoms with Crippen LogP contribution in [0.4, 0.5) is 5.95 Å². The third-order valence-corrected chi connectivity index (χ3v) is 4.12. The van der Waals surface area contributed by atoms with Gasteiger partial charge in [0, 0.05) is 17.3 Å². The average molecular weight is 363 g/mol. The van der Waals surface area contributed by atoms with Crippen molar-refractivity contribution in [3.8, 4) is 5.75 Å². The monoisotopic (exact) mass is 362 g/mol. The Hall–Kier alpha value is -2.22. The molecule has 3 aromatic rings. The molecule has 22 heavy (non-hydrogen) atoms. The number of nitrogen functional groups attached to an aromatic ring is 1. The summed E-state index contributed by atoms with van der Waals surface area (Å²) in [5, 5.41) is 5.17. The van der Waals surface area contributed by atoms with Crippen LogP contribution < -0.4 is 10.5 Å². The maximum absolute atomic E-state index is 5.71. The Balaban J connectivity index is 2.08. The quantitative estimate of drug-likeness (QED) is 0.718. The molecule has 0 aromatic carbocycles. The number of ether oxygens (including phenoxy) is 1. The predicted molar refractivity (Wildman–Crippen MR) is 86.8 cm³/mol. The lowest BCUT2D eigenvalue weighted by molar-refractivity contribution is 0.406. The van der Waals surface area contributed by atoms with Crippen LogP contribution in [0.15, 0.2) is 17.0 Å². The maximum atomic E-state index is 5.71. The van der Waals surface area contributed by atoms with Crippen LogP contribution in [0.3, 0.4) is 0 Å². The summed E-state index contributed by atoms with van der Waals surface area (Å²) in [6.45, 7) is 4.44. The number of fused-ring (bicyclic) bond motifs is 1. The number of anilines is 1. The molecule has 0 spiro atoms. The molecule has 0 saturated heterocycles. The van der Waals surface area contributed by atoms with E-state index in [1.54, 1.807) is 24.2 Å². The molecule has 0 aliphatic heterocycles. The van der Waals surface area contributed by atoms with Crippen LogP contribution in [-0.4, -0.2) is 31.8 Å². The van der Waals surface area contributed by atoms with E-state index < -0.39 is 0 Å². The van der Waals surface area contributed by atoms with Crippen molar-refractivity contribution >= 4 is 32.9 Å². The molecule has 2 N–H and O–H groups in total. The summed E-state index contributed by atoms with van der Waals surface area (Å²) >= 11 is 3.37. The largest absolute Gasteiger partial charge is 0.496 e. The Morgan fingerprint density at radius 2 is 2.05 bits per heavy atom. The van der Waals surface area contributed by atoms with E-state index >= 15 is 0 Å². The zero-order chi connectivity index (χ0) is 15.9. The van der Waals surface area contributed by atoms with Gasteiger partial charge in [0.1, 0.15) is 10.4 Å². The summed E-state index contributed by atoms with van der Waals surface area (Å²) in [6, 6.07) is 0. The van der Waals surface area contributed by atoms with Crippen molar-refractivity contribution in [1.82, 2.24) is 24.7 Å². The van der Waals surface area contributed by atoms with Gasteiger partial charge in [0.25, 0.3) is 0 Å². The summed E-state index contributed by atoms with van der Waals surface area (Å²) in [6.07, 6.45) is 3.51. The molecule has 0 amide bonds. The van der Waals surface area contributed by atoms with Crippen molar-refractivity contribution in [2.24, 2.45) is 0 Å². The van der Waals surface area contributed by atoms with Gasteiger partial charge in [-0.2, -0.15) is 10.1 Å². The first-order valence-corrected chi connectivity index (χ1v) is 7.44. The maximum Gasteiger partial charge on any atom is 0.223 e. The van der Waals surface area contributed by atoms with Crippen molar-refractivity contribution in [2.75, 3.05) is 12.8 Å². The van der Waals surface area contributed by atoms with Crippen LogP contribution >= 0.6 is 15.9 Å². The van der Waals surface area contributed by atoms with Crippen LogP contribution in [0, 0.1) is 13.8 Å². The van der Waals surface area contributed by atoms with Crippen LogP contribution in [-0.2, 0) is 6.54 Å². The lowest BCUT2D eigenvalue weighted by atomic mass is 10.1. The number of hydrogen-bond donors (Lipinski definition) is 1.